The molecule has 1 atom stereocenters. The molecule has 0 fully saturated rings. The lowest BCUT2D eigenvalue weighted by Crippen LogP contribution is -2.45. The second-order valence-electron chi connectivity index (χ2n) is 6.05. The predicted molar refractivity (Wildman–Crippen MR) is 92.2 cm³/mol. The Bertz CT molecular complexity index is 831. The van der Waals surface area contributed by atoms with Crippen LogP contribution in [0.2, 0.25) is 0 Å². The van der Waals surface area contributed by atoms with Crippen LogP contribution in [0.3, 0.4) is 0 Å². The van der Waals surface area contributed by atoms with Crippen molar-refractivity contribution in [2.45, 2.75) is 32.0 Å². The highest BCUT2D eigenvalue weighted by Crippen LogP contribution is 2.31. The fraction of sp³-hybridized carbons (Fsp3) is 0.278. The molecule has 2 aromatic rings. The van der Waals surface area contributed by atoms with Gasteiger partial charge in [0.25, 0.3) is 5.91 Å². The van der Waals surface area contributed by atoms with Gasteiger partial charge in [0.1, 0.15) is 11.8 Å². The summed E-state index contributed by atoms with van der Waals surface area (Å²) in [6, 6.07) is 7.95. The SMILES string of the molecule is NC(=O)C(CCC(=O)O)N1Cc2c(NCc3ccco3)cccc2C1=O. The maximum absolute atomic E-state index is 12.7. The van der Waals surface area contributed by atoms with E-state index >= 15 is 0 Å². The summed E-state index contributed by atoms with van der Waals surface area (Å²) in [4.78, 5) is 36.6. The summed E-state index contributed by atoms with van der Waals surface area (Å²) in [5.41, 5.74) is 7.40. The molecule has 1 unspecified atom stereocenters. The number of rotatable bonds is 8. The third-order valence-corrected chi connectivity index (χ3v) is 4.37. The van der Waals surface area contributed by atoms with E-state index in [0.29, 0.717) is 12.1 Å². The molecular weight excluding hydrogens is 338 g/mol. The van der Waals surface area contributed by atoms with E-state index in [9.17, 15) is 14.4 Å². The number of nitrogens with two attached hydrogens (primary N) is 1. The highest BCUT2D eigenvalue weighted by Gasteiger charge is 2.36. The second-order valence-corrected chi connectivity index (χ2v) is 6.05. The van der Waals surface area contributed by atoms with Gasteiger partial charge in [0.05, 0.1) is 12.8 Å². The Labute approximate surface area is 149 Å². The molecule has 26 heavy (non-hydrogen) atoms. The highest BCUT2D eigenvalue weighted by atomic mass is 16.4. The molecule has 0 saturated heterocycles. The summed E-state index contributed by atoms with van der Waals surface area (Å²) in [7, 11) is 0. The fourth-order valence-corrected chi connectivity index (χ4v) is 3.08. The van der Waals surface area contributed by atoms with Crippen molar-refractivity contribution in [1.82, 2.24) is 4.90 Å². The van der Waals surface area contributed by atoms with Crippen molar-refractivity contribution in [3.63, 3.8) is 0 Å². The number of primary amides is 1. The van der Waals surface area contributed by atoms with Crippen LogP contribution in [-0.4, -0.2) is 33.8 Å². The number of carboxylic acids is 1. The molecular formula is C18H19N3O5. The number of furan rings is 1. The number of anilines is 1. The highest BCUT2D eigenvalue weighted by molar-refractivity contribution is 6.02. The standard InChI is InChI=1S/C18H19N3O5/c19-17(24)15(6-7-16(22)23)21-10-13-12(18(21)25)4-1-5-14(13)20-9-11-3-2-8-26-11/h1-5,8,15,20H,6-7,9-10H2,(H2,19,24)(H,22,23). The molecule has 4 N–H and O–H groups in total. The molecule has 0 spiro atoms. The lowest BCUT2D eigenvalue weighted by molar-refractivity contribution is -0.137. The number of carbonyl (C=O) groups excluding carboxylic acids is 2. The summed E-state index contributed by atoms with van der Waals surface area (Å²) in [5, 5.41) is 12.1. The van der Waals surface area contributed by atoms with Crippen LogP contribution in [0.25, 0.3) is 0 Å². The Hall–Kier alpha value is -3.29. The topological polar surface area (TPSA) is 126 Å². The van der Waals surface area contributed by atoms with Gasteiger partial charge in [-0.25, -0.2) is 0 Å². The molecule has 8 nitrogen and oxygen atoms in total. The number of carboxylic acid groups (broad SMARTS) is 1. The van der Waals surface area contributed by atoms with Gasteiger partial charge in [-0.2, -0.15) is 0 Å². The normalized spacial score (nSPS) is 14.2. The minimum absolute atomic E-state index is 0.0143. The van der Waals surface area contributed by atoms with Crippen LogP contribution in [0, 0.1) is 0 Å². The van der Waals surface area contributed by atoms with Gasteiger partial charge in [0.15, 0.2) is 0 Å². The van der Waals surface area contributed by atoms with Crippen molar-refractivity contribution in [3.05, 3.63) is 53.5 Å². The van der Waals surface area contributed by atoms with Gasteiger partial charge in [-0.05, 0) is 30.7 Å². The molecule has 1 aromatic carbocycles. The number of nitrogens with zero attached hydrogens (tertiary/aromatic N) is 1. The van der Waals surface area contributed by atoms with E-state index in [1.54, 1.807) is 24.5 Å². The Morgan fingerprint density at radius 1 is 1.31 bits per heavy atom. The van der Waals surface area contributed by atoms with E-state index < -0.39 is 17.9 Å². The number of nitrogens with one attached hydrogen (secondary N) is 1. The summed E-state index contributed by atoms with van der Waals surface area (Å²) >= 11 is 0. The molecule has 8 heteroatoms. The monoisotopic (exact) mass is 357 g/mol. The van der Waals surface area contributed by atoms with E-state index in [2.05, 4.69) is 5.32 Å². The zero-order valence-electron chi connectivity index (χ0n) is 14.0. The van der Waals surface area contributed by atoms with E-state index in [1.165, 1.54) is 4.90 Å². The van der Waals surface area contributed by atoms with Gasteiger partial charge in [0, 0.05) is 29.8 Å². The number of benzene rings is 1. The van der Waals surface area contributed by atoms with Crippen molar-refractivity contribution in [2.75, 3.05) is 5.32 Å². The summed E-state index contributed by atoms with van der Waals surface area (Å²) in [5.74, 6) is -1.32. The first kappa shape index (κ1) is 17.5. The first-order chi connectivity index (χ1) is 12.5. The number of hydrogen-bond acceptors (Lipinski definition) is 5. The van der Waals surface area contributed by atoms with Crippen LogP contribution in [0.15, 0.2) is 41.0 Å². The summed E-state index contributed by atoms with van der Waals surface area (Å²) < 4.78 is 5.28. The fourth-order valence-electron chi connectivity index (χ4n) is 3.08. The van der Waals surface area contributed by atoms with Gasteiger partial charge in [-0.1, -0.05) is 6.07 Å². The molecule has 0 radical (unpaired) electrons. The summed E-state index contributed by atoms with van der Waals surface area (Å²) in [6.07, 6.45) is 1.33. The van der Waals surface area contributed by atoms with Crippen LogP contribution < -0.4 is 11.1 Å². The van der Waals surface area contributed by atoms with E-state index in [4.69, 9.17) is 15.3 Å². The third-order valence-electron chi connectivity index (χ3n) is 4.37. The van der Waals surface area contributed by atoms with Crippen LogP contribution >= 0.6 is 0 Å². The van der Waals surface area contributed by atoms with Crippen LogP contribution in [0.5, 0.6) is 0 Å². The Balaban J connectivity index is 1.79. The van der Waals surface area contributed by atoms with Gasteiger partial charge in [0.2, 0.25) is 5.91 Å². The van der Waals surface area contributed by atoms with Gasteiger partial charge >= 0.3 is 5.97 Å². The van der Waals surface area contributed by atoms with Crippen LogP contribution in [0.4, 0.5) is 5.69 Å². The minimum Gasteiger partial charge on any atom is -0.481 e. The largest absolute Gasteiger partial charge is 0.481 e. The number of hydrogen-bond donors (Lipinski definition) is 3. The lowest BCUT2D eigenvalue weighted by atomic mass is 10.1. The molecule has 3 rings (SSSR count). The third kappa shape index (κ3) is 3.53. The number of fused-ring (bicyclic) bond motifs is 1. The van der Waals surface area contributed by atoms with E-state index in [0.717, 1.165) is 17.0 Å². The van der Waals surface area contributed by atoms with Crippen LogP contribution in [0.1, 0.15) is 34.5 Å². The molecule has 0 saturated carbocycles. The maximum atomic E-state index is 12.7. The second kappa shape index (κ2) is 7.30. The smallest absolute Gasteiger partial charge is 0.303 e. The average molecular weight is 357 g/mol. The van der Waals surface area contributed by atoms with Crippen molar-refractivity contribution in [3.8, 4) is 0 Å². The summed E-state index contributed by atoms with van der Waals surface area (Å²) in [6.45, 7) is 0.651. The van der Waals surface area contributed by atoms with Crippen molar-refractivity contribution in [1.29, 1.82) is 0 Å². The van der Waals surface area contributed by atoms with Gasteiger partial charge in [-0.15, -0.1) is 0 Å². The molecule has 2 amide bonds. The zero-order valence-corrected chi connectivity index (χ0v) is 14.0. The minimum atomic E-state index is -1.04. The van der Waals surface area contributed by atoms with Crippen molar-refractivity contribution in [2.24, 2.45) is 5.73 Å². The molecule has 136 valence electrons. The van der Waals surface area contributed by atoms with Crippen molar-refractivity contribution >= 4 is 23.5 Å². The Kier molecular flexibility index (Phi) is 4.92. The predicted octanol–water partition coefficient (Wildman–Crippen LogP) is 1.57. The Morgan fingerprint density at radius 3 is 2.77 bits per heavy atom. The molecule has 2 heterocycles. The van der Waals surface area contributed by atoms with Crippen LogP contribution in [-0.2, 0) is 22.7 Å². The van der Waals surface area contributed by atoms with E-state index in [-0.39, 0.29) is 25.3 Å². The molecule has 1 aliphatic heterocycles. The molecule has 0 aliphatic carbocycles. The van der Waals surface area contributed by atoms with Crippen molar-refractivity contribution < 1.29 is 23.9 Å². The van der Waals surface area contributed by atoms with Gasteiger partial charge < -0.3 is 25.5 Å². The zero-order chi connectivity index (χ0) is 18.7. The van der Waals surface area contributed by atoms with E-state index in [1.807, 2.05) is 12.1 Å². The molecule has 1 aliphatic rings. The number of aliphatic carboxylic acids is 1. The number of carbonyl (C=O) groups is 3. The first-order valence-corrected chi connectivity index (χ1v) is 8.17. The Morgan fingerprint density at radius 2 is 2.12 bits per heavy atom. The quantitative estimate of drug-likeness (QED) is 0.658. The maximum Gasteiger partial charge on any atom is 0.303 e. The first-order valence-electron chi connectivity index (χ1n) is 8.17. The number of amides is 2. The molecule has 1 aromatic heterocycles. The van der Waals surface area contributed by atoms with Gasteiger partial charge in [-0.3, -0.25) is 14.4 Å². The molecule has 0 bridgehead atoms. The average Bonchev–Trinajstić information content (AvgIpc) is 3.22. The lowest BCUT2D eigenvalue weighted by Gasteiger charge is -2.24.